The zero-order valence-electron chi connectivity index (χ0n) is 11.2. The number of rotatable bonds is 4. The third kappa shape index (κ3) is 3.34. The number of nitrogens with two attached hydrogens (primary N) is 1. The Bertz CT molecular complexity index is 527. The van der Waals surface area contributed by atoms with Crippen LogP contribution < -0.4 is 5.73 Å². The Balaban J connectivity index is 2.29. The van der Waals surface area contributed by atoms with Gasteiger partial charge in [0.05, 0.1) is 6.04 Å². The van der Waals surface area contributed by atoms with Gasteiger partial charge < -0.3 is 10.2 Å². The zero-order chi connectivity index (χ0) is 14.0. The third-order valence-corrected chi connectivity index (χ3v) is 5.99. The Morgan fingerprint density at radius 1 is 1.58 bits per heavy atom. The fourth-order valence-corrected chi connectivity index (χ4v) is 5.29. The van der Waals surface area contributed by atoms with Crippen LogP contribution in [0.15, 0.2) is 16.5 Å². The second kappa shape index (κ2) is 5.87. The molecule has 108 valence electrons. The van der Waals surface area contributed by atoms with Crippen LogP contribution in [0.1, 0.15) is 17.6 Å². The van der Waals surface area contributed by atoms with Crippen molar-refractivity contribution >= 4 is 21.6 Å². The van der Waals surface area contributed by atoms with E-state index in [1.54, 1.807) is 11.8 Å². The van der Waals surface area contributed by atoms with E-state index in [1.165, 1.54) is 6.26 Å². The summed E-state index contributed by atoms with van der Waals surface area (Å²) in [4.78, 5) is 1.96. The molecule has 0 radical (unpaired) electrons. The molecular weight excluding hydrogens is 284 g/mol. The smallest absolute Gasteiger partial charge is 0.164 e. The number of hydrogen-bond donors (Lipinski definition) is 1. The van der Waals surface area contributed by atoms with Crippen LogP contribution in [0.5, 0.6) is 0 Å². The summed E-state index contributed by atoms with van der Waals surface area (Å²) >= 11 is 1.67. The molecule has 0 bridgehead atoms. The number of hydrogen-bond acceptors (Lipinski definition) is 6. The molecule has 0 amide bonds. The SMILES string of the molecule is Cc1ccc(C(CN)N2CCSCC2S(C)(=O)=O)o1. The van der Waals surface area contributed by atoms with Crippen LogP contribution in [-0.2, 0) is 9.84 Å². The molecule has 5 nitrogen and oxygen atoms in total. The van der Waals surface area contributed by atoms with Crippen molar-refractivity contribution in [2.45, 2.75) is 18.3 Å². The molecule has 1 fully saturated rings. The molecule has 7 heteroatoms. The molecule has 1 aliphatic heterocycles. The summed E-state index contributed by atoms with van der Waals surface area (Å²) in [5.74, 6) is 3.08. The summed E-state index contributed by atoms with van der Waals surface area (Å²) in [6, 6.07) is 3.59. The fourth-order valence-electron chi connectivity index (χ4n) is 2.37. The van der Waals surface area contributed by atoms with Gasteiger partial charge in [0, 0.05) is 30.9 Å². The van der Waals surface area contributed by atoms with Crippen LogP contribution in [0.25, 0.3) is 0 Å². The van der Waals surface area contributed by atoms with Gasteiger partial charge in [-0.1, -0.05) is 0 Å². The Morgan fingerprint density at radius 2 is 2.32 bits per heavy atom. The maximum atomic E-state index is 11.9. The molecule has 2 N–H and O–H groups in total. The molecule has 1 aromatic rings. The number of thioether (sulfide) groups is 1. The first-order valence-corrected chi connectivity index (χ1v) is 9.33. The van der Waals surface area contributed by atoms with E-state index in [1.807, 2.05) is 24.0 Å². The normalized spacial score (nSPS) is 23.4. The van der Waals surface area contributed by atoms with Crippen LogP contribution >= 0.6 is 11.8 Å². The lowest BCUT2D eigenvalue weighted by Gasteiger charge is -2.38. The molecule has 2 unspecified atom stereocenters. The number of aryl methyl sites for hydroxylation is 1. The van der Waals surface area contributed by atoms with Gasteiger partial charge in [-0.05, 0) is 19.1 Å². The third-order valence-electron chi connectivity index (χ3n) is 3.33. The summed E-state index contributed by atoms with van der Waals surface area (Å²) in [6.07, 6.45) is 1.29. The zero-order valence-corrected chi connectivity index (χ0v) is 12.8. The molecule has 0 aromatic carbocycles. The van der Waals surface area contributed by atoms with Crippen LogP contribution in [0.3, 0.4) is 0 Å². The molecule has 2 atom stereocenters. The summed E-state index contributed by atoms with van der Waals surface area (Å²) in [5.41, 5.74) is 5.85. The van der Waals surface area contributed by atoms with Gasteiger partial charge in [-0.2, -0.15) is 11.8 Å². The van der Waals surface area contributed by atoms with Crippen LogP contribution in [0, 0.1) is 6.92 Å². The van der Waals surface area contributed by atoms with Gasteiger partial charge >= 0.3 is 0 Å². The second-order valence-corrected chi connectivity index (χ2v) is 8.15. The largest absolute Gasteiger partial charge is 0.465 e. The monoisotopic (exact) mass is 304 g/mol. The lowest BCUT2D eigenvalue weighted by Crippen LogP contribution is -2.50. The Hall–Kier alpha value is -0.500. The van der Waals surface area contributed by atoms with E-state index in [2.05, 4.69) is 0 Å². The Morgan fingerprint density at radius 3 is 2.84 bits per heavy atom. The van der Waals surface area contributed by atoms with Crippen molar-refractivity contribution in [1.82, 2.24) is 4.90 Å². The highest BCUT2D eigenvalue weighted by Crippen LogP contribution is 2.30. The lowest BCUT2D eigenvalue weighted by atomic mass is 10.2. The minimum absolute atomic E-state index is 0.172. The van der Waals surface area contributed by atoms with Crippen molar-refractivity contribution in [3.63, 3.8) is 0 Å². The van der Waals surface area contributed by atoms with Crippen LogP contribution in [0.2, 0.25) is 0 Å². The minimum Gasteiger partial charge on any atom is -0.465 e. The van der Waals surface area contributed by atoms with E-state index in [0.29, 0.717) is 18.8 Å². The van der Waals surface area contributed by atoms with E-state index in [0.717, 1.165) is 17.3 Å². The molecular formula is C12H20N2O3S2. The number of sulfone groups is 1. The van der Waals surface area contributed by atoms with E-state index in [-0.39, 0.29) is 6.04 Å². The van der Waals surface area contributed by atoms with Gasteiger partial charge in [-0.25, -0.2) is 8.42 Å². The second-order valence-electron chi connectivity index (χ2n) is 4.80. The summed E-state index contributed by atoms with van der Waals surface area (Å²) < 4.78 is 29.5. The predicted molar refractivity (Wildman–Crippen MR) is 77.9 cm³/mol. The molecule has 1 aliphatic rings. The highest BCUT2D eigenvalue weighted by molar-refractivity contribution is 8.00. The maximum Gasteiger partial charge on any atom is 0.164 e. The molecule has 0 saturated carbocycles. The summed E-state index contributed by atoms with van der Waals surface area (Å²) in [7, 11) is -3.12. The predicted octanol–water partition coefficient (Wildman–Crippen LogP) is 1.01. The van der Waals surface area contributed by atoms with Crippen molar-refractivity contribution in [1.29, 1.82) is 0 Å². The van der Waals surface area contributed by atoms with E-state index < -0.39 is 15.2 Å². The fraction of sp³-hybridized carbons (Fsp3) is 0.667. The highest BCUT2D eigenvalue weighted by Gasteiger charge is 2.36. The summed E-state index contributed by atoms with van der Waals surface area (Å²) in [5, 5.41) is -0.481. The molecule has 0 spiro atoms. The van der Waals surface area contributed by atoms with Crippen molar-refractivity contribution in [2.75, 3.05) is 30.9 Å². The first-order chi connectivity index (χ1) is 8.93. The van der Waals surface area contributed by atoms with Gasteiger partial charge in [0.2, 0.25) is 0 Å². The number of nitrogens with zero attached hydrogens (tertiary/aromatic N) is 1. The first-order valence-electron chi connectivity index (χ1n) is 6.22. The van der Waals surface area contributed by atoms with E-state index in [9.17, 15) is 8.42 Å². The van der Waals surface area contributed by atoms with E-state index in [4.69, 9.17) is 10.2 Å². The molecule has 1 aromatic heterocycles. The van der Waals surface area contributed by atoms with Crippen molar-refractivity contribution in [3.8, 4) is 0 Å². The van der Waals surface area contributed by atoms with Crippen molar-refractivity contribution in [3.05, 3.63) is 23.7 Å². The first kappa shape index (κ1) is 14.9. The van der Waals surface area contributed by atoms with Gasteiger partial charge in [-0.3, -0.25) is 4.90 Å². The van der Waals surface area contributed by atoms with Gasteiger partial charge in [0.15, 0.2) is 9.84 Å². The topological polar surface area (TPSA) is 76.5 Å². The minimum atomic E-state index is -3.12. The molecule has 2 rings (SSSR count). The van der Waals surface area contributed by atoms with Crippen LogP contribution in [0.4, 0.5) is 0 Å². The molecule has 19 heavy (non-hydrogen) atoms. The van der Waals surface area contributed by atoms with Gasteiger partial charge in [0.25, 0.3) is 0 Å². The molecule has 0 aliphatic carbocycles. The number of furan rings is 1. The maximum absolute atomic E-state index is 11.9. The summed E-state index contributed by atoms with van der Waals surface area (Å²) in [6.45, 7) is 2.94. The van der Waals surface area contributed by atoms with Gasteiger partial charge in [-0.15, -0.1) is 0 Å². The van der Waals surface area contributed by atoms with Crippen molar-refractivity contribution < 1.29 is 12.8 Å². The van der Waals surface area contributed by atoms with Gasteiger partial charge in [0.1, 0.15) is 16.9 Å². The average molecular weight is 304 g/mol. The van der Waals surface area contributed by atoms with E-state index >= 15 is 0 Å². The average Bonchev–Trinajstić information content (AvgIpc) is 2.76. The lowest BCUT2D eigenvalue weighted by molar-refractivity contribution is 0.174. The Kier molecular flexibility index (Phi) is 4.60. The Labute approximate surface area is 118 Å². The van der Waals surface area contributed by atoms with Crippen LogP contribution in [-0.4, -0.2) is 49.5 Å². The standard InChI is InChI=1S/C12H20N2O3S2/c1-9-3-4-11(17-9)10(7-13)14-5-6-18-8-12(14)19(2,15)16/h3-4,10,12H,5-8,13H2,1-2H3. The molecule has 2 heterocycles. The molecule has 1 saturated heterocycles. The highest BCUT2D eigenvalue weighted by atomic mass is 32.2. The quantitative estimate of drug-likeness (QED) is 0.894. The van der Waals surface area contributed by atoms with Crippen molar-refractivity contribution in [2.24, 2.45) is 5.73 Å².